The maximum absolute atomic E-state index is 12.8. The van der Waals surface area contributed by atoms with Crippen LogP contribution in [0.5, 0.6) is 0 Å². The number of carbonyl (C=O) groups is 1. The maximum Gasteiger partial charge on any atom is 0.261 e. The van der Waals surface area contributed by atoms with Gasteiger partial charge in [-0.15, -0.1) is 0 Å². The van der Waals surface area contributed by atoms with Crippen molar-refractivity contribution in [3.63, 3.8) is 0 Å². The van der Waals surface area contributed by atoms with Gasteiger partial charge in [0, 0.05) is 19.1 Å². The van der Waals surface area contributed by atoms with E-state index in [0.717, 1.165) is 8.95 Å². The normalized spacial score (nSPS) is 11.1. The number of sulfonamides is 1. The number of hydrogen-bond acceptors (Lipinski definition) is 3. The SMILES string of the molecule is O=C(Nc1ccc(Br)cc1)c1cc(Br)ccc1NS(=O)(=O)c1ccc(Br)cc1. The molecule has 0 aliphatic heterocycles. The van der Waals surface area contributed by atoms with Crippen LogP contribution in [0.1, 0.15) is 10.4 Å². The van der Waals surface area contributed by atoms with Gasteiger partial charge in [-0.2, -0.15) is 0 Å². The molecule has 0 fully saturated rings. The molecule has 0 saturated heterocycles. The van der Waals surface area contributed by atoms with Gasteiger partial charge in [0.1, 0.15) is 0 Å². The van der Waals surface area contributed by atoms with Crippen molar-refractivity contribution in [2.45, 2.75) is 4.90 Å². The minimum Gasteiger partial charge on any atom is -0.322 e. The summed E-state index contributed by atoms with van der Waals surface area (Å²) in [6, 6.07) is 18.1. The molecule has 3 rings (SSSR count). The van der Waals surface area contributed by atoms with Crippen LogP contribution in [0.2, 0.25) is 0 Å². The monoisotopic (exact) mass is 586 g/mol. The summed E-state index contributed by atoms with van der Waals surface area (Å²) in [6.07, 6.45) is 0. The highest BCUT2D eigenvalue weighted by molar-refractivity contribution is 9.11. The summed E-state index contributed by atoms with van der Waals surface area (Å²) >= 11 is 9.94. The zero-order chi connectivity index (χ0) is 20.3. The first-order valence-corrected chi connectivity index (χ1v) is 11.8. The Morgan fingerprint density at radius 2 is 1.29 bits per heavy atom. The van der Waals surface area contributed by atoms with Crippen molar-refractivity contribution in [3.05, 3.63) is 85.7 Å². The third-order valence-electron chi connectivity index (χ3n) is 3.70. The first kappa shape index (κ1) is 21.0. The maximum atomic E-state index is 12.8. The third-order valence-corrected chi connectivity index (χ3v) is 6.63. The Kier molecular flexibility index (Phi) is 6.59. The summed E-state index contributed by atoms with van der Waals surface area (Å²) in [5.41, 5.74) is 0.966. The Hall–Kier alpha value is -1.68. The molecule has 3 aromatic rings. The average molecular weight is 589 g/mol. The molecule has 0 aromatic heterocycles. The predicted octanol–water partition coefficient (Wildman–Crippen LogP) is 6.03. The number of amides is 1. The predicted molar refractivity (Wildman–Crippen MR) is 121 cm³/mol. The van der Waals surface area contributed by atoms with Crippen molar-refractivity contribution in [1.82, 2.24) is 0 Å². The van der Waals surface area contributed by atoms with Crippen LogP contribution in [0.25, 0.3) is 0 Å². The Balaban J connectivity index is 1.91. The van der Waals surface area contributed by atoms with Gasteiger partial charge in [0.25, 0.3) is 15.9 Å². The van der Waals surface area contributed by atoms with Gasteiger partial charge in [-0.1, -0.05) is 47.8 Å². The second-order valence-corrected chi connectivity index (χ2v) is 10.1. The molecule has 0 atom stereocenters. The molecule has 28 heavy (non-hydrogen) atoms. The number of hydrogen-bond donors (Lipinski definition) is 2. The second-order valence-electron chi connectivity index (χ2n) is 5.71. The second kappa shape index (κ2) is 8.77. The summed E-state index contributed by atoms with van der Waals surface area (Å²) < 4.78 is 30.2. The van der Waals surface area contributed by atoms with Gasteiger partial charge in [0.15, 0.2) is 0 Å². The lowest BCUT2D eigenvalue weighted by atomic mass is 10.1. The molecule has 3 aromatic carbocycles. The van der Waals surface area contributed by atoms with E-state index in [9.17, 15) is 13.2 Å². The van der Waals surface area contributed by atoms with Crippen LogP contribution in [-0.4, -0.2) is 14.3 Å². The Labute approximate surface area is 188 Å². The number of halogens is 3. The fourth-order valence-corrected chi connectivity index (χ4v) is 4.31. The Bertz CT molecular complexity index is 1120. The highest BCUT2D eigenvalue weighted by Gasteiger charge is 2.19. The molecule has 1 amide bonds. The van der Waals surface area contributed by atoms with Crippen molar-refractivity contribution < 1.29 is 13.2 Å². The molecule has 5 nitrogen and oxygen atoms in total. The van der Waals surface area contributed by atoms with Gasteiger partial charge in [-0.25, -0.2) is 8.42 Å². The highest BCUT2D eigenvalue weighted by atomic mass is 79.9. The molecule has 0 aliphatic carbocycles. The molecule has 2 N–H and O–H groups in total. The number of benzene rings is 3. The summed E-state index contributed by atoms with van der Waals surface area (Å²) in [6.45, 7) is 0. The van der Waals surface area contributed by atoms with Crippen LogP contribution >= 0.6 is 47.8 Å². The lowest BCUT2D eigenvalue weighted by molar-refractivity contribution is 0.102. The highest BCUT2D eigenvalue weighted by Crippen LogP contribution is 2.26. The van der Waals surface area contributed by atoms with Crippen molar-refractivity contribution in [2.75, 3.05) is 10.0 Å². The van der Waals surface area contributed by atoms with Gasteiger partial charge in [0.05, 0.1) is 16.1 Å². The van der Waals surface area contributed by atoms with E-state index in [1.807, 2.05) is 0 Å². The van der Waals surface area contributed by atoms with Crippen LogP contribution in [0, 0.1) is 0 Å². The molecule has 0 radical (unpaired) electrons. The zero-order valence-corrected chi connectivity index (χ0v) is 19.7. The van der Waals surface area contributed by atoms with E-state index in [1.54, 1.807) is 48.5 Å². The van der Waals surface area contributed by atoms with E-state index in [2.05, 4.69) is 57.8 Å². The van der Waals surface area contributed by atoms with Crippen LogP contribution in [0.15, 0.2) is 85.0 Å². The van der Waals surface area contributed by atoms with Gasteiger partial charge < -0.3 is 5.32 Å². The molecule has 0 unspecified atom stereocenters. The average Bonchev–Trinajstić information content (AvgIpc) is 2.65. The molecule has 9 heteroatoms. The van der Waals surface area contributed by atoms with Crippen molar-refractivity contribution in [3.8, 4) is 0 Å². The summed E-state index contributed by atoms with van der Waals surface area (Å²) in [7, 11) is -3.85. The van der Waals surface area contributed by atoms with Crippen LogP contribution in [0.3, 0.4) is 0 Å². The molecule has 0 bridgehead atoms. The minimum absolute atomic E-state index is 0.0953. The largest absolute Gasteiger partial charge is 0.322 e. The lowest BCUT2D eigenvalue weighted by Gasteiger charge is -2.13. The van der Waals surface area contributed by atoms with Gasteiger partial charge in [-0.3, -0.25) is 9.52 Å². The Morgan fingerprint density at radius 3 is 1.89 bits per heavy atom. The van der Waals surface area contributed by atoms with Gasteiger partial charge >= 0.3 is 0 Å². The fourth-order valence-electron chi connectivity index (χ4n) is 2.34. The fraction of sp³-hybridized carbons (Fsp3) is 0. The van der Waals surface area contributed by atoms with E-state index in [0.29, 0.717) is 10.2 Å². The van der Waals surface area contributed by atoms with E-state index >= 15 is 0 Å². The minimum atomic E-state index is -3.85. The number of nitrogens with one attached hydrogen (secondary N) is 2. The summed E-state index contributed by atoms with van der Waals surface area (Å²) in [5.74, 6) is -0.433. The van der Waals surface area contributed by atoms with E-state index in [4.69, 9.17) is 0 Å². The van der Waals surface area contributed by atoms with Gasteiger partial charge in [-0.05, 0) is 66.7 Å². The number of rotatable bonds is 5. The van der Waals surface area contributed by atoms with Crippen molar-refractivity contribution >= 4 is 75.1 Å². The van der Waals surface area contributed by atoms with Crippen LogP contribution in [0.4, 0.5) is 11.4 Å². The molecule has 0 aliphatic rings. The van der Waals surface area contributed by atoms with Crippen LogP contribution < -0.4 is 10.0 Å². The lowest BCUT2D eigenvalue weighted by Crippen LogP contribution is -2.18. The van der Waals surface area contributed by atoms with E-state index in [-0.39, 0.29) is 16.1 Å². The standard InChI is InChI=1S/C19H13Br3N2O3S/c20-12-1-6-15(7-2-12)23-19(25)17-11-14(22)5-10-18(17)24-28(26,27)16-8-3-13(21)4-9-16/h1-11,24H,(H,23,25). The number of carbonyl (C=O) groups excluding carboxylic acids is 1. The first-order valence-electron chi connectivity index (χ1n) is 7.89. The van der Waals surface area contributed by atoms with Crippen molar-refractivity contribution in [2.24, 2.45) is 0 Å². The summed E-state index contributed by atoms with van der Waals surface area (Å²) in [5, 5.41) is 2.76. The van der Waals surface area contributed by atoms with Crippen molar-refractivity contribution in [1.29, 1.82) is 0 Å². The molecular formula is C19H13Br3N2O3S. The number of anilines is 2. The zero-order valence-electron chi connectivity index (χ0n) is 14.1. The summed E-state index contributed by atoms with van der Waals surface area (Å²) in [4.78, 5) is 12.8. The molecule has 144 valence electrons. The molecule has 0 saturated carbocycles. The quantitative estimate of drug-likeness (QED) is 0.382. The Morgan fingerprint density at radius 1 is 0.750 bits per heavy atom. The molecule has 0 spiro atoms. The van der Waals surface area contributed by atoms with Crippen LogP contribution in [-0.2, 0) is 10.0 Å². The smallest absolute Gasteiger partial charge is 0.261 e. The van der Waals surface area contributed by atoms with Gasteiger partial charge in [0.2, 0.25) is 0 Å². The topological polar surface area (TPSA) is 75.3 Å². The van der Waals surface area contributed by atoms with E-state index < -0.39 is 15.9 Å². The third kappa shape index (κ3) is 5.22. The first-order chi connectivity index (χ1) is 13.2. The van der Waals surface area contributed by atoms with E-state index in [1.165, 1.54) is 18.2 Å². The molecular weight excluding hydrogens is 576 g/mol. The molecule has 0 heterocycles.